The quantitative estimate of drug-likeness (QED) is 0.863. The minimum Gasteiger partial charge on any atom is -0.345 e. The first-order valence-corrected chi connectivity index (χ1v) is 7.08. The van der Waals surface area contributed by atoms with Gasteiger partial charge in [-0.3, -0.25) is 4.79 Å². The van der Waals surface area contributed by atoms with Gasteiger partial charge in [-0.15, -0.1) is 11.3 Å². The molecule has 0 aliphatic rings. The van der Waals surface area contributed by atoms with Crippen molar-refractivity contribution in [3.8, 4) is 0 Å². The molecule has 1 atom stereocenters. The third-order valence-corrected chi connectivity index (χ3v) is 3.70. The molecule has 1 aromatic carbocycles. The van der Waals surface area contributed by atoms with Crippen LogP contribution in [0.5, 0.6) is 0 Å². The lowest BCUT2D eigenvalue weighted by Gasteiger charge is -2.18. The Labute approximate surface area is 112 Å². The molecule has 94 valence electrons. The van der Waals surface area contributed by atoms with Gasteiger partial charge in [0.15, 0.2) is 0 Å². The molecule has 0 aliphatic carbocycles. The Kier molecular flexibility index (Phi) is 4.53. The van der Waals surface area contributed by atoms with Crippen molar-refractivity contribution in [3.63, 3.8) is 0 Å². The van der Waals surface area contributed by atoms with Gasteiger partial charge in [0.05, 0.1) is 10.9 Å². The minimum atomic E-state index is 0.0207. The summed E-state index contributed by atoms with van der Waals surface area (Å²) in [5, 5.41) is 5.03. The van der Waals surface area contributed by atoms with Gasteiger partial charge in [-0.2, -0.15) is 0 Å². The van der Waals surface area contributed by atoms with Crippen LogP contribution >= 0.6 is 11.3 Å². The van der Waals surface area contributed by atoms with Crippen molar-refractivity contribution >= 4 is 17.2 Å². The first-order valence-electron chi connectivity index (χ1n) is 6.20. The number of thiophene rings is 1. The third-order valence-electron chi connectivity index (χ3n) is 2.83. The Bertz CT molecular complexity index is 478. The summed E-state index contributed by atoms with van der Waals surface area (Å²) in [6.45, 7) is 2.13. The van der Waals surface area contributed by atoms with Crippen LogP contribution in [0, 0.1) is 0 Å². The highest BCUT2D eigenvalue weighted by Crippen LogP contribution is 2.19. The number of benzene rings is 1. The Balaban J connectivity index is 2.10. The molecule has 3 heteroatoms. The highest BCUT2D eigenvalue weighted by molar-refractivity contribution is 7.12. The van der Waals surface area contributed by atoms with Gasteiger partial charge in [-0.25, -0.2) is 0 Å². The number of hydrogen-bond donors (Lipinski definition) is 1. The molecule has 0 radical (unpaired) electrons. The molecule has 2 nitrogen and oxygen atoms in total. The van der Waals surface area contributed by atoms with Gasteiger partial charge in [0.25, 0.3) is 5.91 Å². The van der Waals surface area contributed by atoms with E-state index in [0.717, 1.165) is 17.7 Å². The summed E-state index contributed by atoms with van der Waals surface area (Å²) in [7, 11) is 0. The molecule has 0 saturated heterocycles. The Morgan fingerprint density at radius 2 is 2.00 bits per heavy atom. The highest BCUT2D eigenvalue weighted by atomic mass is 32.1. The van der Waals surface area contributed by atoms with Crippen LogP contribution in [0.3, 0.4) is 0 Å². The maximum Gasteiger partial charge on any atom is 0.261 e. The van der Waals surface area contributed by atoms with Crippen molar-refractivity contribution < 1.29 is 4.79 Å². The van der Waals surface area contributed by atoms with Gasteiger partial charge in [0.1, 0.15) is 0 Å². The molecule has 0 unspecified atom stereocenters. The van der Waals surface area contributed by atoms with Crippen molar-refractivity contribution in [3.05, 3.63) is 58.3 Å². The van der Waals surface area contributed by atoms with Crippen LogP contribution in [-0.4, -0.2) is 5.91 Å². The molecule has 1 heterocycles. The predicted molar refractivity (Wildman–Crippen MR) is 75.9 cm³/mol. The second kappa shape index (κ2) is 6.36. The fourth-order valence-electron chi connectivity index (χ4n) is 1.93. The van der Waals surface area contributed by atoms with E-state index in [1.807, 2.05) is 35.7 Å². The standard InChI is InChI=1S/C15H17NOS/c1-2-7-13(12-8-4-3-5-9-12)16-15(17)14-10-6-11-18-14/h3-6,8-11,13H,2,7H2,1H3,(H,16,17)/t13-/m1/s1. The normalized spacial score (nSPS) is 12.1. The summed E-state index contributed by atoms with van der Waals surface area (Å²) < 4.78 is 0. The summed E-state index contributed by atoms with van der Waals surface area (Å²) in [5.74, 6) is 0.0207. The summed E-state index contributed by atoms with van der Waals surface area (Å²) in [4.78, 5) is 12.8. The van der Waals surface area contributed by atoms with Crippen molar-refractivity contribution in [2.45, 2.75) is 25.8 Å². The number of amides is 1. The average Bonchev–Trinajstić information content (AvgIpc) is 2.93. The molecule has 1 aromatic heterocycles. The lowest BCUT2D eigenvalue weighted by atomic mass is 10.0. The molecular formula is C15H17NOS. The van der Waals surface area contributed by atoms with Crippen LogP contribution in [-0.2, 0) is 0 Å². The fraction of sp³-hybridized carbons (Fsp3) is 0.267. The molecule has 0 aliphatic heterocycles. The van der Waals surface area contributed by atoms with Crippen LogP contribution in [0.4, 0.5) is 0 Å². The van der Waals surface area contributed by atoms with E-state index in [-0.39, 0.29) is 11.9 Å². The zero-order chi connectivity index (χ0) is 12.8. The number of hydrogen-bond acceptors (Lipinski definition) is 2. The molecule has 2 aromatic rings. The number of carbonyl (C=O) groups is 1. The van der Waals surface area contributed by atoms with E-state index < -0.39 is 0 Å². The topological polar surface area (TPSA) is 29.1 Å². The summed E-state index contributed by atoms with van der Waals surface area (Å²) in [6, 6.07) is 14.0. The number of rotatable bonds is 5. The van der Waals surface area contributed by atoms with E-state index >= 15 is 0 Å². The van der Waals surface area contributed by atoms with Gasteiger partial charge in [0, 0.05) is 0 Å². The van der Waals surface area contributed by atoms with Crippen LogP contribution < -0.4 is 5.32 Å². The lowest BCUT2D eigenvalue weighted by Crippen LogP contribution is -2.27. The molecule has 2 rings (SSSR count). The summed E-state index contributed by atoms with van der Waals surface area (Å²) in [6.07, 6.45) is 2.01. The molecule has 1 amide bonds. The van der Waals surface area contributed by atoms with Crippen molar-refractivity contribution in [1.82, 2.24) is 5.32 Å². The van der Waals surface area contributed by atoms with Crippen LogP contribution in [0.2, 0.25) is 0 Å². The van der Waals surface area contributed by atoms with E-state index in [1.165, 1.54) is 16.9 Å². The van der Waals surface area contributed by atoms with Gasteiger partial charge in [-0.1, -0.05) is 49.7 Å². The van der Waals surface area contributed by atoms with E-state index in [4.69, 9.17) is 0 Å². The van der Waals surface area contributed by atoms with Crippen LogP contribution in [0.25, 0.3) is 0 Å². The van der Waals surface area contributed by atoms with E-state index in [1.54, 1.807) is 0 Å². The van der Waals surface area contributed by atoms with Crippen molar-refractivity contribution in [2.24, 2.45) is 0 Å². The Morgan fingerprint density at radius 3 is 2.61 bits per heavy atom. The van der Waals surface area contributed by atoms with Gasteiger partial charge in [0.2, 0.25) is 0 Å². The fourth-order valence-corrected chi connectivity index (χ4v) is 2.56. The van der Waals surface area contributed by atoms with E-state index in [0.29, 0.717) is 0 Å². The maximum atomic E-state index is 12.1. The zero-order valence-corrected chi connectivity index (χ0v) is 11.2. The SMILES string of the molecule is CCC[C@@H](NC(=O)c1cccs1)c1ccccc1. The zero-order valence-electron chi connectivity index (χ0n) is 10.4. The molecule has 0 bridgehead atoms. The Morgan fingerprint density at radius 1 is 1.22 bits per heavy atom. The smallest absolute Gasteiger partial charge is 0.261 e. The third kappa shape index (κ3) is 3.20. The average molecular weight is 259 g/mol. The number of nitrogens with one attached hydrogen (secondary N) is 1. The molecular weight excluding hydrogens is 242 g/mol. The molecule has 0 fully saturated rings. The van der Waals surface area contributed by atoms with E-state index in [9.17, 15) is 4.79 Å². The lowest BCUT2D eigenvalue weighted by molar-refractivity contribution is 0.0938. The second-order valence-corrected chi connectivity index (χ2v) is 5.15. The van der Waals surface area contributed by atoms with Crippen LogP contribution in [0.15, 0.2) is 47.8 Å². The maximum absolute atomic E-state index is 12.1. The van der Waals surface area contributed by atoms with Gasteiger partial charge < -0.3 is 5.32 Å². The molecule has 0 saturated carbocycles. The number of carbonyl (C=O) groups excluding carboxylic acids is 1. The first kappa shape index (κ1) is 12.8. The molecule has 18 heavy (non-hydrogen) atoms. The van der Waals surface area contributed by atoms with Gasteiger partial charge in [-0.05, 0) is 23.4 Å². The molecule has 0 spiro atoms. The largest absolute Gasteiger partial charge is 0.345 e. The van der Waals surface area contributed by atoms with Crippen LogP contribution in [0.1, 0.15) is 41.0 Å². The monoisotopic (exact) mass is 259 g/mol. The van der Waals surface area contributed by atoms with Gasteiger partial charge >= 0.3 is 0 Å². The summed E-state index contributed by atoms with van der Waals surface area (Å²) in [5.41, 5.74) is 1.17. The molecule has 1 N–H and O–H groups in total. The first-order chi connectivity index (χ1) is 8.81. The second-order valence-electron chi connectivity index (χ2n) is 4.20. The Hall–Kier alpha value is -1.61. The van der Waals surface area contributed by atoms with Crippen molar-refractivity contribution in [2.75, 3.05) is 0 Å². The van der Waals surface area contributed by atoms with Crippen molar-refractivity contribution in [1.29, 1.82) is 0 Å². The predicted octanol–water partition coefficient (Wildman–Crippen LogP) is 4.02. The van der Waals surface area contributed by atoms with E-state index in [2.05, 4.69) is 24.4 Å². The minimum absolute atomic E-state index is 0.0207. The highest BCUT2D eigenvalue weighted by Gasteiger charge is 2.15. The summed E-state index contributed by atoms with van der Waals surface area (Å²) >= 11 is 1.47.